The molecule has 5 fully saturated rings. The van der Waals surface area contributed by atoms with Gasteiger partial charge in [0, 0.05) is 11.3 Å². The third kappa shape index (κ3) is 7.16. The van der Waals surface area contributed by atoms with Gasteiger partial charge in [-0.1, -0.05) is 42.4 Å². The van der Waals surface area contributed by atoms with Gasteiger partial charge in [0.05, 0.1) is 11.2 Å². The Bertz CT molecular complexity index is 1310. The molecule has 0 saturated heterocycles. The summed E-state index contributed by atoms with van der Waals surface area (Å²) in [5, 5.41) is 27.7. The third-order valence-corrected chi connectivity index (χ3v) is 12.7. The average Bonchev–Trinajstić information content (AvgIpc) is 3.59. The molecule has 0 unspecified atom stereocenters. The molecule has 0 atom stereocenters. The highest BCUT2D eigenvalue weighted by Crippen LogP contribution is 2.54. The molecule has 2 aromatic rings. The van der Waals surface area contributed by atoms with Crippen molar-refractivity contribution in [2.24, 2.45) is 29.1 Å². The summed E-state index contributed by atoms with van der Waals surface area (Å²) in [6.07, 6.45) is 11.9. The number of carbonyl (C=O) groups is 3. The Morgan fingerprint density at radius 2 is 1.74 bits per heavy atom. The van der Waals surface area contributed by atoms with Crippen LogP contribution >= 0.6 is 34.9 Å². The molecule has 14 heteroatoms. The summed E-state index contributed by atoms with van der Waals surface area (Å²) in [5.41, 5.74) is -0.978. The molecular weight excluding hydrogens is 611 g/mol. The Labute approximate surface area is 263 Å². The summed E-state index contributed by atoms with van der Waals surface area (Å²) in [6, 6.07) is 0.188. The maximum Gasteiger partial charge on any atom is 0.313 e. The van der Waals surface area contributed by atoms with E-state index in [0.717, 1.165) is 60.6 Å². The van der Waals surface area contributed by atoms with Gasteiger partial charge >= 0.3 is 5.97 Å². The number of carbonyl (C=O) groups excluding carboxylic acids is 2. The first-order valence-electron chi connectivity index (χ1n) is 15.2. The Balaban J connectivity index is 1.12. The topological polar surface area (TPSA) is 157 Å². The van der Waals surface area contributed by atoms with E-state index in [4.69, 9.17) is 14.4 Å². The molecule has 43 heavy (non-hydrogen) atoms. The van der Waals surface area contributed by atoms with E-state index in [2.05, 4.69) is 26.0 Å². The van der Waals surface area contributed by atoms with Crippen LogP contribution in [0.1, 0.15) is 88.6 Å². The average molecular weight is 650 g/mol. The molecule has 11 nitrogen and oxygen atoms in total. The maximum atomic E-state index is 13.7. The van der Waals surface area contributed by atoms with Crippen molar-refractivity contribution < 1.29 is 28.8 Å². The van der Waals surface area contributed by atoms with Crippen LogP contribution in [0.2, 0.25) is 0 Å². The predicted molar refractivity (Wildman–Crippen MR) is 164 cm³/mol. The summed E-state index contributed by atoms with van der Waals surface area (Å²) in [7, 11) is 0. The molecule has 0 spiro atoms. The highest BCUT2D eigenvalue weighted by molar-refractivity contribution is 8.01. The number of hydrogen-bond acceptors (Lipinski definition) is 11. The summed E-state index contributed by atoms with van der Waals surface area (Å²) >= 11 is 3.77. The van der Waals surface area contributed by atoms with Gasteiger partial charge in [0.1, 0.15) is 11.5 Å². The summed E-state index contributed by atoms with van der Waals surface area (Å²) < 4.78 is 12.3. The van der Waals surface area contributed by atoms with Crippen LogP contribution in [0.4, 0.5) is 5.13 Å². The minimum atomic E-state index is -0.978. The minimum Gasteiger partial charge on any atom is -0.481 e. The number of hydrogen-bond donors (Lipinski definition) is 3. The molecule has 0 aliphatic heterocycles. The van der Waals surface area contributed by atoms with Crippen LogP contribution in [0.3, 0.4) is 0 Å². The van der Waals surface area contributed by atoms with Crippen LogP contribution in [0.25, 0.3) is 0 Å². The molecule has 7 rings (SSSR count). The van der Waals surface area contributed by atoms with Crippen molar-refractivity contribution in [2.75, 3.05) is 17.7 Å². The Morgan fingerprint density at radius 3 is 2.42 bits per heavy atom. The summed E-state index contributed by atoms with van der Waals surface area (Å²) in [4.78, 5) is 38.2. The number of rotatable bonds is 12. The molecule has 0 aromatic carbocycles. The molecule has 5 saturated carbocycles. The zero-order valence-corrected chi connectivity index (χ0v) is 27.0. The van der Waals surface area contributed by atoms with Gasteiger partial charge in [-0.2, -0.15) is 0 Å². The van der Waals surface area contributed by atoms with Crippen LogP contribution in [0, 0.1) is 29.1 Å². The summed E-state index contributed by atoms with van der Waals surface area (Å²) in [6.45, 7) is 3.49. The van der Waals surface area contributed by atoms with Gasteiger partial charge in [-0.3, -0.25) is 19.7 Å². The SMILES string of the molecule is CC(C)(COc1noc(C(=O)NC2C3CC4CC(C3)CC2C4)c1SC1CCCCC1)C(=O)Nc1nnc(SCC(=O)O)s1. The maximum absolute atomic E-state index is 13.7. The van der Waals surface area contributed by atoms with Crippen molar-refractivity contribution in [2.45, 2.75) is 98.6 Å². The Kier molecular flexibility index (Phi) is 9.25. The molecule has 2 heterocycles. The van der Waals surface area contributed by atoms with Crippen LogP contribution < -0.4 is 15.4 Å². The van der Waals surface area contributed by atoms with Crippen molar-refractivity contribution >= 4 is 57.8 Å². The molecule has 0 radical (unpaired) electrons. The molecule has 5 aliphatic carbocycles. The lowest BCUT2D eigenvalue weighted by Crippen LogP contribution is -2.55. The first-order chi connectivity index (χ1) is 20.6. The molecule has 2 amide bonds. The second-order valence-corrected chi connectivity index (χ2v) is 16.6. The van der Waals surface area contributed by atoms with Gasteiger partial charge in [-0.05, 0) is 87.6 Å². The minimum absolute atomic E-state index is 0.000369. The van der Waals surface area contributed by atoms with Gasteiger partial charge in [0.15, 0.2) is 4.34 Å². The van der Waals surface area contributed by atoms with E-state index in [1.165, 1.54) is 38.5 Å². The van der Waals surface area contributed by atoms with Crippen molar-refractivity contribution in [1.29, 1.82) is 0 Å². The van der Waals surface area contributed by atoms with Gasteiger partial charge in [0.2, 0.25) is 16.8 Å². The van der Waals surface area contributed by atoms with Crippen LogP contribution in [-0.2, 0) is 9.59 Å². The van der Waals surface area contributed by atoms with Gasteiger partial charge < -0.3 is 19.7 Å². The van der Waals surface area contributed by atoms with Gasteiger partial charge in [-0.15, -0.1) is 22.0 Å². The number of anilines is 1. The number of carboxylic acid groups (broad SMARTS) is 1. The Hall–Kier alpha value is -2.32. The second kappa shape index (κ2) is 13.0. The molecule has 3 N–H and O–H groups in total. The van der Waals surface area contributed by atoms with Crippen molar-refractivity contribution in [1.82, 2.24) is 20.7 Å². The molecule has 5 aliphatic rings. The monoisotopic (exact) mass is 649 g/mol. The van der Waals surface area contributed by atoms with E-state index in [1.807, 2.05) is 0 Å². The quantitative estimate of drug-likeness (QED) is 0.191. The van der Waals surface area contributed by atoms with Crippen molar-refractivity contribution in [3.8, 4) is 5.88 Å². The van der Waals surface area contributed by atoms with Gasteiger partial charge in [-0.25, -0.2) is 0 Å². The van der Waals surface area contributed by atoms with E-state index in [0.29, 0.717) is 26.3 Å². The first-order valence-corrected chi connectivity index (χ1v) is 17.9. The fourth-order valence-corrected chi connectivity index (χ4v) is 10.2. The molecule has 4 bridgehead atoms. The van der Waals surface area contributed by atoms with Crippen LogP contribution in [-0.4, -0.2) is 61.9 Å². The number of nitrogens with one attached hydrogen (secondary N) is 2. The predicted octanol–water partition coefficient (Wildman–Crippen LogP) is 5.73. The zero-order chi connectivity index (χ0) is 30.1. The number of amides is 2. The van der Waals surface area contributed by atoms with E-state index in [9.17, 15) is 14.4 Å². The van der Waals surface area contributed by atoms with E-state index in [-0.39, 0.29) is 47.0 Å². The standard InChI is InChI=1S/C29H39N5O6S3/c1-29(2,26(38)31-27-32-33-28(43-27)41-13-20(35)36)14-39-25-23(42-19-6-4-3-5-7-19)22(40-34-25)24(37)30-21-17-9-15-8-16(11-17)12-18(21)10-15/h15-19,21H,3-14H2,1-2H3,(H,30,37)(H,35,36)(H,31,32,38). The van der Waals surface area contributed by atoms with E-state index in [1.54, 1.807) is 25.6 Å². The number of nitrogens with zero attached hydrogens (tertiary/aromatic N) is 3. The number of aliphatic carboxylic acids is 1. The number of ether oxygens (including phenoxy) is 1. The fourth-order valence-electron chi connectivity index (χ4n) is 7.36. The largest absolute Gasteiger partial charge is 0.481 e. The molecule has 234 valence electrons. The van der Waals surface area contributed by atoms with E-state index >= 15 is 0 Å². The van der Waals surface area contributed by atoms with Crippen LogP contribution in [0.15, 0.2) is 13.8 Å². The van der Waals surface area contributed by atoms with E-state index < -0.39 is 11.4 Å². The number of aromatic nitrogens is 3. The molecule has 2 aromatic heterocycles. The Morgan fingerprint density at radius 1 is 1.05 bits per heavy atom. The normalized spacial score (nSPS) is 26.8. The summed E-state index contributed by atoms with van der Waals surface area (Å²) in [5.74, 6) is 1.56. The second-order valence-electron chi connectivity index (χ2n) is 13.1. The lowest BCUT2D eigenvalue weighted by molar-refractivity contribution is -0.134. The highest BCUT2D eigenvalue weighted by Gasteiger charge is 2.49. The van der Waals surface area contributed by atoms with Crippen molar-refractivity contribution in [3.05, 3.63) is 5.76 Å². The number of carboxylic acids is 1. The third-order valence-electron chi connectivity index (χ3n) is 9.32. The van der Waals surface area contributed by atoms with Crippen LogP contribution in [0.5, 0.6) is 5.88 Å². The zero-order valence-electron chi connectivity index (χ0n) is 24.5. The fraction of sp³-hybridized carbons (Fsp3) is 0.724. The molecular formula is C29H39N5O6S3. The van der Waals surface area contributed by atoms with Crippen molar-refractivity contribution in [3.63, 3.8) is 0 Å². The van der Waals surface area contributed by atoms with Gasteiger partial charge in [0.25, 0.3) is 11.8 Å². The lowest BCUT2D eigenvalue weighted by Gasteiger charge is -2.54. The lowest BCUT2D eigenvalue weighted by atomic mass is 9.54. The first kappa shape index (κ1) is 30.7. The smallest absolute Gasteiger partial charge is 0.313 e. The number of thioether (sulfide) groups is 2. The highest BCUT2D eigenvalue weighted by atomic mass is 32.2.